The van der Waals surface area contributed by atoms with Crippen LogP contribution in [0.25, 0.3) is 0 Å². The first-order valence-corrected chi connectivity index (χ1v) is 5.45. The van der Waals surface area contributed by atoms with Crippen molar-refractivity contribution in [3.05, 3.63) is 17.0 Å². The van der Waals surface area contributed by atoms with Crippen LogP contribution >= 0.6 is 0 Å². The second-order valence-electron chi connectivity index (χ2n) is 4.01. The van der Waals surface area contributed by atoms with Crippen molar-refractivity contribution in [1.29, 1.82) is 0 Å². The van der Waals surface area contributed by atoms with Gasteiger partial charge in [-0.25, -0.2) is 0 Å². The van der Waals surface area contributed by atoms with Crippen molar-refractivity contribution in [2.45, 2.75) is 45.6 Å². The lowest BCUT2D eigenvalue weighted by Gasteiger charge is -2.00. The number of hydrogen-bond donors (Lipinski definition) is 1. The molecule has 0 atom stereocenters. The van der Waals surface area contributed by atoms with E-state index in [-0.39, 0.29) is 6.61 Å². The summed E-state index contributed by atoms with van der Waals surface area (Å²) >= 11 is 0. The molecule has 1 saturated carbocycles. The molecule has 0 spiro atoms. The third-order valence-electron chi connectivity index (χ3n) is 2.99. The summed E-state index contributed by atoms with van der Waals surface area (Å²) in [5.41, 5.74) is 3.78. The number of rotatable bonds is 4. The van der Waals surface area contributed by atoms with E-state index in [4.69, 9.17) is 5.11 Å². The molecule has 0 radical (unpaired) electrons. The van der Waals surface area contributed by atoms with E-state index in [9.17, 15) is 0 Å². The number of nitrogens with zero attached hydrogens (tertiary/aromatic N) is 2. The van der Waals surface area contributed by atoms with E-state index in [0.29, 0.717) is 5.92 Å². The Bertz CT molecular complexity index is 326. The molecule has 1 fully saturated rings. The molecule has 3 nitrogen and oxygen atoms in total. The highest BCUT2D eigenvalue weighted by atomic mass is 16.2. The Kier molecular flexibility index (Phi) is 2.59. The second kappa shape index (κ2) is 3.73. The molecule has 0 aliphatic heterocycles. The minimum absolute atomic E-state index is 0.232. The fourth-order valence-electron chi connectivity index (χ4n) is 2.02. The van der Waals surface area contributed by atoms with Crippen molar-refractivity contribution in [3.8, 4) is 0 Å². The van der Waals surface area contributed by atoms with Gasteiger partial charge in [0.1, 0.15) is 0 Å². The van der Waals surface area contributed by atoms with Gasteiger partial charge in [-0.2, -0.15) is 5.10 Å². The standard InChI is InChI=1S/C11H18N2O/c1-3-13-8(2)10(6-7-14)11(12-13)9-4-5-9/h9,14H,3-7H2,1-2H3. The molecule has 0 saturated heterocycles. The summed E-state index contributed by atoms with van der Waals surface area (Å²) in [7, 11) is 0. The molecule has 2 rings (SSSR count). The van der Waals surface area contributed by atoms with Crippen molar-refractivity contribution in [3.63, 3.8) is 0 Å². The van der Waals surface area contributed by atoms with E-state index in [1.165, 1.54) is 29.8 Å². The fraction of sp³-hybridized carbons (Fsp3) is 0.727. The zero-order chi connectivity index (χ0) is 10.1. The third-order valence-corrected chi connectivity index (χ3v) is 2.99. The van der Waals surface area contributed by atoms with Gasteiger partial charge in [-0.15, -0.1) is 0 Å². The quantitative estimate of drug-likeness (QED) is 0.791. The molecule has 0 bridgehead atoms. The van der Waals surface area contributed by atoms with Gasteiger partial charge in [0.2, 0.25) is 0 Å². The summed E-state index contributed by atoms with van der Waals surface area (Å²) < 4.78 is 2.05. The summed E-state index contributed by atoms with van der Waals surface area (Å²) in [6.07, 6.45) is 3.31. The average Bonchev–Trinajstić information content (AvgIpc) is 2.96. The van der Waals surface area contributed by atoms with Crippen LogP contribution < -0.4 is 0 Å². The Morgan fingerprint density at radius 2 is 2.21 bits per heavy atom. The van der Waals surface area contributed by atoms with Gasteiger partial charge in [0.25, 0.3) is 0 Å². The smallest absolute Gasteiger partial charge is 0.0691 e. The Morgan fingerprint density at radius 3 is 2.71 bits per heavy atom. The lowest BCUT2D eigenvalue weighted by Crippen LogP contribution is -2.00. The summed E-state index contributed by atoms with van der Waals surface area (Å²) in [5, 5.41) is 13.6. The first kappa shape index (κ1) is 9.71. The van der Waals surface area contributed by atoms with Crippen molar-refractivity contribution in [1.82, 2.24) is 9.78 Å². The topological polar surface area (TPSA) is 38.0 Å². The van der Waals surface area contributed by atoms with Crippen molar-refractivity contribution in [2.24, 2.45) is 0 Å². The average molecular weight is 194 g/mol. The molecule has 0 amide bonds. The molecule has 3 heteroatoms. The maximum absolute atomic E-state index is 9.02. The number of aliphatic hydroxyl groups is 1. The third kappa shape index (κ3) is 1.57. The van der Waals surface area contributed by atoms with Crippen LogP contribution in [0.2, 0.25) is 0 Å². The molecule has 1 N–H and O–H groups in total. The molecule has 14 heavy (non-hydrogen) atoms. The van der Waals surface area contributed by atoms with Gasteiger partial charge in [-0.3, -0.25) is 4.68 Å². The van der Waals surface area contributed by atoms with E-state index >= 15 is 0 Å². The first-order valence-electron chi connectivity index (χ1n) is 5.45. The second-order valence-corrected chi connectivity index (χ2v) is 4.01. The fourth-order valence-corrected chi connectivity index (χ4v) is 2.02. The van der Waals surface area contributed by atoms with Crippen LogP contribution in [0.4, 0.5) is 0 Å². The van der Waals surface area contributed by atoms with Gasteiger partial charge < -0.3 is 5.11 Å². The van der Waals surface area contributed by atoms with Crippen LogP contribution in [0.3, 0.4) is 0 Å². The summed E-state index contributed by atoms with van der Waals surface area (Å²) in [6, 6.07) is 0. The molecule has 0 unspecified atom stereocenters. The first-order chi connectivity index (χ1) is 6.77. The van der Waals surface area contributed by atoms with Crippen LogP contribution in [0, 0.1) is 6.92 Å². The molecule has 78 valence electrons. The maximum atomic E-state index is 9.02. The molecule has 1 aromatic heterocycles. The van der Waals surface area contributed by atoms with Crippen molar-refractivity contribution in [2.75, 3.05) is 6.61 Å². The normalized spacial score (nSPS) is 16.2. The van der Waals surface area contributed by atoms with E-state index in [2.05, 4.69) is 23.6 Å². The molecule has 1 aromatic rings. The largest absolute Gasteiger partial charge is 0.396 e. The highest BCUT2D eigenvalue weighted by Crippen LogP contribution is 2.41. The zero-order valence-corrected chi connectivity index (χ0v) is 8.95. The summed E-state index contributed by atoms with van der Waals surface area (Å²) in [5.74, 6) is 0.683. The minimum Gasteiger partial charge on any atom is -0.396 e. The number of hydrogen-bond acceptors (Lipinski definition) is 2. The number of aryl methyl sites for hydroxylation is 1. The Hall–Kier alpha value is -0.830. The van der Waals surface area contributed by atoms with E-state index < -0.39 is 0 Å². The number of aromatic nitrogens is 2. The summed E-state index contributed by atoms with van der Waals surface area (Å²) in [4.78, 5) is 0. The maximum Gasteiger partial charge on any atom is 0.0691 e. The van der Waals surface area contributed by atoms with Crippen molar-refractivity contribution < 1.29 is 5.11 Å². The van der Waals surface area contributed by atoms with Gasteiger partial charge >= 0.3 is 0 Å². The van der Waals surface area contributed by atoms with E-state index in [0.717, 1.165) is 13.0 Å². The Morgan fingerprint density at radius 1 is 1.50 bits per heavy atom. The molecular weight excluding hydrogens is 176 g/mol. The van der Waals surface area contributed by atoms with Crippen molar-refractivity contribution >= 4 is 0 Å². The predicted octanol–water partition coefficient (Wildman–Crippen LogP) is 1.62. The van der Waals surface area contributed by atoms with Crippen LogP contribution in [0.5, 0.6) is 0 Å². The zero-order valence-electron chi connectivity index (χ0n) is 8.95. The lowest BCUT2D eigenvalue weighted by molar-refractivity contribution is 0.299. The van der Waals surface area contributed by atoms with Crippen LogP contribution in [-0.2, 0) is 13.0 Å². The van der Waals surface area contributed by atoms with Gasteiger partial charge in [0.05, 0.1) is 5.69 Å². The number of aliphatic hydroxyl groups excluding tert-OH is 1. The highest BCUT2D eigenvalue weighted by molar-refractivity contribution is 5.31. The predicted molar refractivity (Wildman–Crippen MR) is 55.4 cm³/mol. The van der Waals surface area contributed by atoms with Gasteiger partial charge in [0.15, 0.2) is 0 Å². The van der Waals surface area contributed by atoms with Gasteiger partial charge in [0, 0.05) is 24.8 Å². The highest BCUT2D eigenvalue weighted by Gasteiger charge is 2.30. The monoisotopic (exact) mass is 194 g/mol. The van der Waals surface area contributed by atoms with Crippen LogP contribution in [0.1, 0.15) is 42.6 Å². The summed E-state index contributed by atoms with van der Waals surface area (Å²) in [6.45, 7) is 5.37. The van der Waals surface area contributed by atoms with Crippen LogP contribution in [0.15, 0.2) is 0 Å². The van der Waals surface area contributed by atoms with Crippen LogP contribution in [-0.4, -0.2) is 21.5 Å². The van der Waals surface area contributed by atoms with Gasteiger partial charge in [-0.1, -0.05) is 0 Å². The Balaban J connectivity index is 2.35. The van der Waals surface area contributed by atoms with Gasteiger partial charge in [-0.05, 0) is 38.7 Å². The minimum atomic E-state index is 0.232. The molecule has 0 aromatic carbocycles. The van der Waals surface area contributed by atoms with E-state index in [1.807, 2.05) is 0 Å². The molecule has 1 aliphatic rings. The SMILES string of the molecule is CCn1nc(C2CC2)c(CCO)c1C. The molecular formula is C11H18N2O. The molecule has 1 heterocycles. The molecule has 1 aliphatic carbocycles. The van der Waals surface area contributed by atoms with E-state index in [1.54, 1.807) is 0 Å². The lowest BCUT2D eigenvalue weighted by atomic mass is 10.1. The Labute approximate surface area is 84.7 Å².